The first-order valence-corrected chi connectivity index (χ1v) is 9.66. The first kappa shape index (κ1) is 22.6. The fourth-order valence-electron chi connectivity index (χ4n) is 2.96. The minimum atomic E-state index is 0. The molecule has 154 valence electrons. The maximum absolute atomic E-state index is 5.80. The van der Waals surface area contributed by atoms with Crippen molar-refractivity contribution >= 4 is 29.9 Å². The van der Waals surface area contributed by atoms with Gasteiger partial charge >= 0.3 is 0 Å². The van der Waals surface area contributed by atoms with Gasteiger partial charge in [-0.2, -0.15) is 5.10 Å². The van der Waals surface area contributed by atoms with Crippen LogP contribution in [0, 0.1) is 0 Å². The van der Waals surface area contributed by atoms with Gasteiger partial charge in [0.2, 0.25) is 0 Å². The molecular weight excluding hydrogens is 469 g/mol. The van der Waals surface area contributed by atoms with E-state index >= 15 is 0 Å². The second kappa shape index (κ2) is 12.7. The molecule has 0 radical (unpaired) electrons. The van der Waals surface area contributed by atoms with Crippen LogP contribution in [0.5, 0.6) is 0 Å². The third kappa shape index (κ3) is 7.06. The van der Waals surface area contributed by atoms with Crippen molar-refractivity contribution in [1.82, 2.24) is 20.4 Å². The molecule has 28 heavy (non-hydrogen) atoms. The molecule has 2 heterocycles. The van der Waals surface area contributed by atoms with Gasteiger partial charge in [-0.15, -0.1) is 24.0 Å². The Balaban J connectivity index is 0.00000280. The van der Waals surface area contributed by atoms with Crippen LogP contribution in [0.2, 0.25) is 0 Å². The van der Waals surface area contributed by atoms with Crippen LogP contribution in [0.15, 0.2) is 47.7 Å². The van der Waals surface area contributed by atoms with Crippen LogP contribution in [0.1, 0.15) is 25.3 Å². The van der Waals surface area contributed by atoms with Crippen LogP contribution in [-0.2, 0) is 16.0 Å². The van der Waals surface area contributed by atoms with Crippen molar-refractivity contribution in [3.63, 3.8) is 0 Å². The number of para-hydroxylation sites is 1. The number of ether oxygens (including phenoxy) is 2. The van der Waals surface area contributed by atoms with Gasteiger partial charge in [0.25, 0.3) is 0 Å². The summed E-state index contributed by atoms with van der Waals surface area (Å²) in [5.41, 5.74) is 2.18. The van der Waals surface area contributed by atoms with E-state index in [9.17, 15) is 0 Å². The van der Waals surface area contributed by atoms with Gasteiger partial charge < -0.3 is 20.1 Å². The molecular formula is C20H30IN5O2. The number of guanidine groups is 1. The van der Waals surface area contributed by atoms with Crippen molar-refractivity contribution in [3.8, 4) is 5.69 Å². The summed E-state index contributed by atoms with van der Waals surface area (Å²) in [6.07, 6.45) is 5.94. The first-order valence-electron chi connectivity index (χ1n) is 9.66. The summed E-state index contributed by atoms with van der Waals surface area (Å²) in [6.45, 7) is 6.58. The van der Waals surface area contributed by atoms with Crippen molar-refractivity contribution in [2.24, 2.45) is 4.99 Å². The van der Waals surface area contributed by atoms with Crippen molar-refractivity contribution in [1.29, 1.82) is 0 Å². The molecule has 8 heteroatoms. The van der Waals surface area contributed by atoms with Crippen LogP contribution >= 0.6 is 24.0 Å². The van der Waals surface area contributed by atoms with Crippen LogP contribution < -0.4 is 10.6 Å². The standard InChI is InChI=1S/C20H29N5O2.HI/c1-2-21-20(22-10-6-13-27-18-9-14-26-16-18)23-15-17-7-3-4-8-19(17)25-12-5-11-24-25;/h3-5,7-8,11-12,18H,2,6,9-10,13-16H2,1H3,(H2,21,22,23);1H. The van der Waals surface area contributed by atoms with E-state index in [0.717, 1.165) is 63.0 Å². The lowest BCUT2D eigenvalue weighted by Gasteiger charge is -2.13. The smallest absolute Gasteiger partial charge is 0.191 e. The molecule has 1 saturated heterocycles. The predicted octanol–water partition coefficient (Wildman–Crippen LogP) is 2.74. The van der Waals surface area contributed by atoms with Crippen LogP contribution in [0.3, 0.4) is 0 Å². The Hall–Kier alpha value is -1.65. The van der Waals surface area contributed by atoms with Gasteiger partial charge in [-0.1, -0.05) is 18.2 Å². The summed E-state index contributed by atoms with van der Waals surface area (Å²) in [4.78, 5) is 4.72. The number of hydrogen-bond acceptors (Lipinski definition) is 4. The minimum absolute atomic E-state index is 0. The molecule has 0 spiro atoms. The second-order valence-corrected chi connectivity index (χ2v) is 6.41. The monoisotopic (exact) mass is 499 g/mol. The summed E-state index contributed by atoms with van der Waals surface area (Å²) in [5.74, 6) is 0.817. The fraction of sp³-hybridized carbons (Fsp3) is 0.500. The van der Waals surface area contributed by atoms with Crippen LogP contribution in [0.25, 0.3) is 5.69 Å². The number of halogens is 1. The van der Waals surface area contributed by atoms with Crippen molar-refractivity contribution in [3.05, 3.63) is 48.3 Å². The topological polar surface area (TPSA) is 72.7 Å². The molecule has 1 aliphatic rings. The van der Waals surface area contributed by atoms with E-state index in [2.05, 4.69) is 34.8 Å². The highest BCUT2D eigenvalue weighted by molar-refractivity contribution is 14.0. The van der Waals surface area contributed by atoms with E-state index in [-0.39, 0.29) is 30.1 Å². The minimum Gasteiger partial charge on any atom is -0.379 e. The highest BCUT2D eigenvalue weighted by atomic mass is 127. The number of nitrogens with one attached hydrogen (secondary N) is 2. The summed E-state index contributed by atoms with van der Waals surface area (Å²) >= 11 is 0. The van der Waals surface area contributed by atoms with Crippen molar-refractivity contribution in [2.75, 3.05) is 32.9 Å². The molecule has 1 atom stereocenters. The molecule has 1 unspecified atom stereocenters. The van der Waals surface area contributed by atoms with Crippen molar-refractivity contribution in [2.45, 2.75) is 32.4 Å². The lowest BCUT2D eigenvalue weighted by molar-refractivity contribution is 0.0420. The summed E-state index contributed by atoms with van der Waals surface area (Å²) in [5, 5.41) is 11.0. The molecule has 1 aliphatic heterocycles. The van der Waals surface area contributed by atoms with E-state index in [1.54, 1.807) is 6.20 Å². The molecule has 2 N–H and O–H groups in total. The Kier molecular flexibility index (Phi) is 10.3. The number of hydrogen-bond donors (Lipinski definition) is 2. The van der Waals surface area contributed by atoms with E-state index in [4.69, 9.17) is 14.5 Å². The Labute approximate surface area is 183 Å². The Morgan fingerprint density at radius 2 is 2.21 bits per heavy atom. The normalized spacial score (nSPS) is 16.6. The van der Waals surface area contributed by atoms with E-state index in [1.165, 1.54) is 0 Å². The van der Waals surface area contributed by atoms with Gasteiger partial charge in [-0.25, -0.2) is 9.67 Å². The first-order chi connectivity index (χ1) is 13.4. The van der Waals surface area contributed by atoms with E-state index in [0.29, 0.717) is 6.54 Å². The number of aromatic nitrogens is 2. The molecule has 0 saturated carbocycles. The van der Waals surface area contributed by atoms with Crippen LogP contribution in [-0.4, -0.2) is 54.8 Å². The highest BCUT2D eigenvalue weighted by Crippen LogP contribution is 2.14. The largest absolute Gasteiger partial charge is 0.379 e. The van der Waals surface area contributed by atoms with Gasteiger partial charge in [0.05, 0.1) is 24.9 Å². The fourth-order valence-corrected chi connectivity index (χ4v) is 2.96. The summed E-state index contributed by atoms with van der Waals surface area (Å²) in [6, 6.07) is 10.1. The SMILES string of the molecule is CCNC(=NCc1ccccc1-n1cccn1)NCCCOC1CCOC1.I. The molecule has 1 aromatic heterocycles. The average Bonchev–Trinajstić information content (AvgIpc) is 3.40. The third-order valence-electron chi connectivity index (χ3n) is 4.35. The quantitative estimate of drug-likeness (QED) is 0.240. The third-order valence-corrected chi connectivity index (χ3v) is 4.35. The molecule has 1 fully saturated rings. The Morgan fingerprint density at radius 3 is 2.96 bits per heavy atom. The molecule has 0 aliphatic carbocycles. The molecule has 7 nitrogen and oxygen atoms in total. The molecule has 1 aromatic carbocycles. The van der Waals surface area contributed by atoms with Crippen LogP contribution in [0.4, 0.5) is 0 Å². The second-order valence-electron chi connectivity index (χ2n) is 6.41. The van der Waals surface area contributed by atoms with Gasteiger partial charge in [0.1, 0.15) is 0 Å². The number of rotatable bonds is 9. The van der Waals surface area contributed by atoms with Gasteiger partial charge in [0, 0.05) is 38.7 Å². The van der Waals surface area contributed by atoms with E-state index in [1.807, 2.05) is 29.1 Å². The maximum Gasteiger partial charge on any atom is 0.191 e. The number of benzene rings is 1. The molecule has 0 bridgehead atoms. The summed E-state index contributed by atoms with van der Waals surface area (Å²) in [7, 11) is 0. The average molecular weight is 499 g/mol. The van der Waals surface area contributed by atoms with Gasteiger partial charge in [-0.3, -0.25) is 0 Å². The Bertz CT molecular complexity index is 702. The zero-order valence-corrected chi connectivity index (χ0v) is 18.7. The van der Waals surface area contributed by atoms with E-state index < -0.39 is 0 Å². The predicted molar refractivity (Wildman–Crippen MR) is 122 cm³/mol. The highest BCUT2D eigenvalue weighted by Gasteiger charge is 2.15. The lowest BCUT2D eigenvalue weighted by atomic mass is 10.2. The zero-order chi connectivity index (χ0) is 18.7. The molecule has 0 amide bonds. The van der Waals surface area contributed by atoms with Crippen molar-refractivity contribution < 1.29 is 9.47 Å². The van der Waals surface area contributed by atoms with Gasteiger partial charge in [0.15, 0.2) is 5.96 Å². The lowest BCUT2D eigenvalue weighted by Crippen LogP contribution is -2.38. The number of nitrogens with zero attached hydrogens (tertiary/aromatic N) is 3. The maximum atomic E-state index is 5.80. The Morgan fingerprint density at radius 1 is 1.32 bits per heavy atom. The zero-order valence-electron chi connectivity index (χ0n) is 16.3. The summed E-state index contributed by atoms with van der Waals surface area (Å²) < 4.78 is 13.0. The van der Waals surface area contributed by atoms with Gasteiger partial charge in [-0.05, 0) is 37.5 Å². The number of aliphatic imine (C=N–C) groups is 1. The molecule has 3 rings (SSSR count). The molecule has 2 aromatic rings.